The maximum absolute atomic E-state index is 5.67. The van der Waals surface area contributed by atoms with Crippen molar-refractivity contribution in [2.75, 3.05) is 0 Å². The van der Waals surface area contributed by atoms with Crippen molar-refractivity contribution in [2.24, 2.45) is 0 Å². The smallest absolute Gasteiger partial charge is 0.138 e. The summed E-state index contributed by atoms with van der Waals surface area (Å²) in [6.07, 6.45) is 1.78. The number of halogens is 1. The van der Waals surface area contributed by atoms with Crippen LogP contribution in [0.2, 0.25) is 0 Å². The van der Waals surface area contributed by atoms with Gasteiger partial charge in [0.05, 0.1) is 5.88 Å². The van der Waals surface area contributed by atoms with E-state index in [0.717, 1.165) is 11.5 Å². The molecule has 2 rings (SSSR count). The lowest BCUT2D eigenvalue weighted by Gasteiger charge is -1.93. The molecule has 0 saturated carbocycles. The van der Waals surface area contributed by atoms with Crippen molar-refractivity contribution in [3.05, 3.63) is 28.2 Å². The zero-order valence-corrected chi connectivity index (χ0v) is 8.75. The Bertz CT molecular complexity index is 405. The first-order valence-electron chi connectivity index (χ1n) is 3.94. The molecule has 0 fully saturated rings. The molecule has 68 valence electrons. The van der Waals surface area contributed by atoms with Gasteiger partial charge >= 0.3 is 0 Å². The second-order valence-corrected chi connectivity index (χ2v) is 3.87. The number of hydrogen-bond acceptors (Lipinski definition) is 2. The highest BCUT2D eigenvalue weighted by molar-refractivity contribution is 7.08. The third-order valence-electron chi connectivity index (χ3n) is 1.88. The topological polar surface area (TPSA) is 28.7 Å². The quantitative estimate of drug-likeness (QED) is 0.762. The van der Waals surface area contributed by atoms with Crippen molar-refractivity contribution in [1.29, 1.82) is 0 Å². The second-order valence-electron chi connectivity index (χ2n) is 2.86. The lowest BCUT2D eigenvalue weighted by molar-refractivity contribution is 1.22. The minimum absolute atomic E-state index is 0.482. The Morgan fingerprint density at radius 2 is 2.38 bits per heavy atom. The Hall–Kier alpha value is -0.800. The minimum atomic E-state index is 0.482. The summed E-state index contributed by atoms with van der Waals surface area (Å²) >= 11 is 7.36. The van der Waals surface area contributed by atoms with E-state index in [9.17, 15) is 0 Å². The van der Waals surface area contributed by atoms with Gasteiger partial charge in [-0.15, -0.1) is 11.6 Å². The number of hydrogen-bond donors (Lipinski definition) is 1. The molecule has 0 radical (unpaired) electrons. The molecule has 0 saturated heterocycles. The number of rotatable bonds is 2. The van der Waals surface area contributed by atoms with Crippen LogP contribution in [-0.2, 0) is 5.88 Å². The highest BCUT2D eigenvalue weighted by Gasteiger charge is 2.06. The molecule has 0 aliphatic rings. The van der Waals surface area contributed by atoms with Crippen LogP contribution in [0.5, 0.6) is 0 Å². The van der Waals surface area contributed by atoms with Gasteiger partial charge in [-0.2, -0.15) is 11.3 Å². The predicted molar refractivity (Wildman–Crippen MR) is 56.2 cm³/mol. The van der Waals surface area contributed by atoms with Gasteiger partial charge < -0.3 is 4.98 Å². The van der Waals surface area contributed by atoms with Gasteiger partial charge in [0.25, 0.3) is 0 Å². The van der Waals surface area contributed by atoms with Gasteiger partial charge in [-0.1, -0.05) is 0 Å². The van der Waals surface area contributed by atoms with Crippen LogP contribution < -0.4 is 0 Å². The Balaban J connectivity index is 2.41. The zero-order chi connectivity index (χ0) is 9.26. The Labute approximate surface area is 85.6 Å². The van der Waals surface area contributed by atoms with Crippen LogP contribution in [0.1, 0.15) is 11.3 Å². The lowest BCUT2D eigenvalue weighted by Crippen LogP contribution is -1.80. The highest BCUT2D eigenvalue weighted by Crippen LogP contribution is 2.24. The molecule has 2 heterocycles. The van der Waals surface area contributed by atoms with E-state index in [0.29, 0.717) is 5.88 Å². The first-order valence-corrected chi connectivity index (χ1v) is 5.42. The Morgan fingerprint density at radius 3 is 2.92 bits per heavy atom. The lowest BCUT2D eigenvalue weighted by atomic mass is 10.2. The van der Waals surface area contributed by atoms with E-state index in [1.807, 2.05) is 0 Å². The summed E-state index contributed by atoms with van der Waals surface area (Å²) in [4.78, 5) is 7.43. The van der Waals surface area contributed by atoms with E-state index in [1.54, 1.807) is 17.5 Å². The van der Waals surface area contributed by atoms with Crippen LogP contribution in [0.25, 0.3) is 11.4 Å². The summed E-state index contributed by atoms with van der Waals surface area (Å²) in [6, 6.07) is 0. The zero-order valence-electron chi connectivity index (χ0n) is 7.17. The number of H-pyrrole nitrogens is 1. The van der Waals surface area contributed by atoms with Gasteiger partial charge in [0, 0.05) is 22.8 Å². The van der Waals surface area contributed by atoms with Gasteiger partial charge in [0.1, 0.15) is 5.82 Å². The highest BCUT2D eigenvalue weighted by atomic mass is 35.5. The van der Waals surface area contributed by atoms with Gasteiger partial charge in [-0.05, 0) is 17.9 Å². The fraction of sp³-hybridized carbons (Fsp3) is 0.222. The number of nitrogens with one attached hydrogen (secondary N) is 1. The third-order valence-corrected chi connectivity index (χ3v) is 3.03. The van der Waals surface area contributed by atoms with E-state index in [1.165, 1.54) is 11.1 Å². The molecule has 2 aromatic rings. The van der Waals surface area contributed by atoms with Crippen molar-refractivity contribution in [1.82, 2.24) is 9.97 Å². The predicted octanol–water partition coefficient (Wildman–Crippen LogP) is 3.19. The fourth-order valence-electron chi connectivity index (χ4n) is 1.17. The van der Waals surface area contributed by atoms with Crippen molar-refractivity contribution in [3.63, 3.8) is 0 Å². The van der Waals surface area contributed by atoms with Crippen molar-refractivity contribution >= 4 is 22.9 Å². The van der Waals surface area contributed by atoms with Crippen LogP contribution in [0, 0.1) is 6.92 Å². The molecule has 4 heteroatoms. The number of alkyl halides is 1. The molecule has 13 heavy (non-hydrogen) atoms. The van der Waals surface area contributed by atoms with Gasteiger partial charge in [0.15, 0.2) is 0 Å². The molecule has 0 amide bonds. The molecule has 0 aliphatic heterocycles. The minimum Gasteiger partial charge on any atom is -0.341 e. The SMILES string of the molecule is Cc1cscc1-c1ncc(CCl)[nH]1. The van der Waals surface area contributed by atoms with Gasteiger partial charge in [0.2, 0.25) is 0 Å². The molecule has 0 bridgehead atoms. The largest absolute Gasteiger partial charge is 0.341 e. The van der Waals surface area contributed by atoms with Crippen molar-refractivity contribution in [2.45, 2.75) is 12.8 Å². The number of aromatic nitrogens is 2. The summed E-state index contributed by atoms with van der Waals surface area (Å²) in [5.74, 6) is 1.39. The first-order chi connectivity index (χ1) is 6.31. The molecule has 0 atom stereocenters. The second kappa shape index (κ2) is 3.52. The number of aromatic amines is 1. The molecular formula is C9H9ClN2S. The molecule has 0 aromatic carbocycles. The van der Waals surface area contributed by atoms with E-state index < -0.39 is 0 Å². The molecule has 2 aromatic heterocycles. The maximum atomic E-state index is 5.67. The summed E-state index contributed by atoms with van der Waals surface area (Å²) in [6.45, 7) is 2.08. The van der Waals surface area contributed by atoms with Crippen LogP contribution in [0.4, 0.5) is 0 Å². The van der Waals surface area contributed by atoms with Crippen LogP contribution in [0.15, 0.2) is 17.0 Å². The van der Waals surface area contributed by atoms with E-state index in [2.05, 4.69) is 27.7 Å². The average Bonchev–Trinajstić information content (AvgIpc) is 2.71. The van der Waals surface area contributed by atoms with E-state index in [-0.39, 0.29) is 0 Å². The molecule has 0 spiro atoms. The number of imidazole rings is 1. The first kappa shape index (κ1) is 8.78. The summed E-state index contributed by atoms with van der Waals surface area (Å²) in [5, 5.41) is 4.20. The molecule has 2 nitrogen and oxygen atoms in total. The number of nitrogens with zero attached hydrogens (tertiary/aromatic N) is 1. The summed E-state index contributed by atoms with van der Waals surface area (Å²) in [5.41, 5.74) is 3.38. The molecule has 0 aliphatic carbocycles. The Morgan fingerprint density at radius 1 is 1.54 bits per heavy atom. The van der Waals surface area contributed by atoms with Gasteiger partial charge in [-0.25, -0.2) is 4.98 Å². The van der Waals surface area contributed by atoms with Gasteiger partial charge in [-0.3, -0.25) is 0 Å². The Kier molecular flexibility index (Phi) is 2.38. The summed E-state index contributed by atoms with van der Waals surface area (Å²) < 4.78 is 0. The third kappa shape index (κ3) is 1.62. The molecule has 0 unspecified atom stereocenters. The van der Waals surface area contributed by atoms with Crippen LogP contribution in [0.3, 0.4) is 0 Å². The number of aryl methyl sites for hydroxylation is 1. The van der Waals surface area contributed by atoms with Crippen LogP contribution in [-0.4, -0.2) is 9.97 Å². The average molecular weight is 213 g/mol. The standard InChI is InChI=1S/C9H9ClN2S/c1-6-4-13-5-8(6)9-11-3-7(2-10)12-9/h3-5H,2H2,1H3,(H,11,12). The van der Waals surface area contributed by atoms with E-state index in [4.69, 9.17) is 11.6 Å². The van der Waals surface area contributed by atoms with Crippen LogP contribution >= 0.6 is 22.9 Å². The normalized spacial score (nSPS) is 10.6. The number of thiophene rings is 1. The van der Waals surface area contributed by atoms with Crippen molar-refractivity contribution in [3.8, 4) is 11.4 Å². The maximum Gasteiger partial charge on any atom is 0.138 e. The monoisotopic (exact) mass is 212 g/mol. The fourth-order valence-corrected chi connectivity index (χ4v) is 2.14. The summed E-state index contributed by atoms with van der Waals surface area (Å²) in [7, 11) is 0. The van der Waals surface area contributed by atoms with E-state index >= 15 is 0 Å². The van der Waals surface area contributed by atoms with Crippen molar-refractivity contribution < 1.29 is 0 Å². The molecular weight excluding hydrogens is 204 g/mol. The molecule has 1 N–H and O–H groups in total.